The van der Waals surface area contributed by atoms with Gasteiger partial charge in [-0.15, -0.1) is 0 Å². The molecule has 0 aromatic heterocycles. The van der Waals surface area contributed by atoms with Crippen molar-refractivity contribution in [2.75, 3.05) is 30.2 Å². The van der Waals surface area contributed by atoms with E-state index in [1.807, 2.05) is 42.5 Å². The fraction of sp³-hybridized carbons (Fsp3) is 0.240. The summed E-state index contributed by atoms with van der Waals surface area (Å²) in [6.07, 6.45) is 0.359. The quantitative estimate of drug-likeness (QED) is 0.439. The number of hydrogen-bond donors (Lipinski definition) is 1. The van der Waals surface area contributed by atoms with E-state index in [2.05, 4.69) is 29.6 Å². The summed E-state index contributed by atoms with van der Waals surface area (Å²) in [5.74, 6) is 2.92. The molecule has 1 amide bonds. The summed E-state index contributed by atoms with van der Waals surface area (Å²) in [5.41, 5.74) is 3.00. The Balaban J connectivity index is 1.19. The topological polar surface area (TPSA) is 56.8 Å². The van der Waals surface area contributed by atoms with Crippen LogP contribution in [0.3, 0.4) is 0 Å². The van der Waals surface area contributed by atoms with E-state index in [0.717, 1.165) is 28.3 Å². The van der Waals surface area contributed by atoms with Gasteiger partial charge in [0.15, 0.2) is 11.5 Å². The van der Waals surface area contributed by atoms with Crippen molar-refractivity contribution in [3.63, 3.8) is 0 Å². The van der Waals surface area contributed by atoms with Crippen LogP contribution in [-0.2, 0) is 9.53 Å². The highest BCUT2D eigenvalue weighted by atomic mass is 32.2. The minimum Gasteiger partial charge on any atom is -0.454 e. The van der Waals surface area contributed by atoms with Crippen molar-refractivity contribution in [1.82, 2.24) is 0 Å². The highest BCUT2D eigenvalue weighted by Crippen LogP contribution is 2.34. The summed E-state index contributed by atoms with van der Waals surface area (Å²) >= 11 is 1.71. The van der Waals surface area contributed by atoms with Crippen LogP contribution < -0.4 is 14.8 Å². The molecule has 0 saturated heterocycles. The fourth-order valence-corrected chi connectivity index (χ4v) is 4.08. The molecule has 1 N–H and O–H groups in total. The molecule has 3 aromatic rings. The molecule has 0 atom stereocenters. The van der Waals surface area contributed by atoms with Gasteiger partial charge in [0.2, 0.25) is 12.7 Å². The largest absolute Gasteiger partial charge is 0.454 e. The first-order chi connectivity index (χ1) is 15.3. The summed E-state index contributed by atoms with van der Waals surface area (Å²) in [6, 6.07) is 25.9. The molecule has 160 valence electrons. The second kappa shape index (κ2) is 10.9. The smallest absolute Gasteiger partial charge is 0.231 e. The summed E-state index contributed by atoms with van der Waals surface area (Å²) in [6.45, 7) is 0.837. The third-order valence-corrected chi connectivity index (χ3v) is 5.79. The lowest BCUT2D eigenvalue weighted by Crippen LogP contribution is -2.13. The molecule has 31 heavy (non-hydrogen) atoms. The third-order valence-electron chi connectivity index (χ3n) is 4.85. The van der Waals surface area contributed by atoms with Crippen LogP contribution in [0.1, 0.15) is 23.7 Å². The Morgan fingerprint density at radius 3 is 2.29 bits per heavy atom. The third kappa shape index (κ3) is 6.03. The van der Waals surface area contributed by atoms with Gasteiger partial charge >= 0.3 is 0 Å². The maximum absolute atomic E-state index is 12.2. The van der Waals surface area contributed by atoms with Crippen molar-refractivity contribution in [3.8, 4) is 11.5 Å². The molecule has 0 aliphatic carbocycles. The second-order valence-electron chi connectivity index (χ2n) is 7.05. The Bertz CT molecular complexity index is 942. The second-order valence-corrected chi connectivity index (χ2v) is 8.28. The number of thioether (sulfide) groups is 1. The summed E-state index contributed by atoms with van der Waals surface area (Å²) < 4.78 is 16.8. The van der Waals surface area contributed by atoms with Crippen LogP contribution in [0.5, 0.6) is 11.5 Å². The Morgan fingerprint density at radius 2 is 1.58 bits per heavy atom. The number of fused-ring (bicyclic) bond motifs is 1. The van der Waals surface area contributed by atoms with E-state index >= 15 is 0 Å². The Kier molecular flexibility index (Phi) is 7.47. The summed E-state index contributed by atoms with van der Waals surface area (Å²) in [4.78, 5) is 12.2. The fourth-order valence-electron chi connectivity index (χ4n) is 3.33. The van der Waals surface area contributed by atoms with Crippen molar-refractivity contribution >= 4 is 23.4 Å². The van der Waals surface area contributed by atoms with Crippen LogP contribution in [0.15, 0.2) is 78.9 Å². The highest BCUT2D eigenvalue weighted by molar-refractivity contribution is 7.99. The zero-order chi connectivity index (χ0) is 21.3. The Labute approximate surface area is 186 Å². The molecule has 0 bridgehead atoms. The van der Waals surface area contributed by atoms with Crippen molar-refractivity contribution in [2.45, 2.75) is 12.5 Å². The molecule has 4 rings (SSSR count). The first kappa shape index (κ1) is 21.3. The van der Waals surface area contributed by atoms with Crippen molar-refractivity contribution in [1.29, 1.82) is 0 Å². The van der Waals surface area contributed by atoms with Gasteiger partial charge in [-0.05, 0) is 23.3 Å². The molecule has 0 fully saturated rings. The lowest BCUT2D eigenvalue weighted by Gasteiger charge is -2.19. The minimum absolute atomic E-state index is 0.0151. The maximum atomic E-state index is 12.2. The van der Waals surface area contributed by atoms with Crippen molar-refractivity contribution in [3.05, 3.63) is 90.0 Å². The van der Waals surface area contributed by atoms with Gasteiger partial charge in [-0.2, -0.15) is 11.8 Å². The molecular formula is C25H25NO4S. The number of anilines is 1. The number of amides is 1. The Hall–Kier alpha value is -2.96. The Morgan fingerprint density at radius 1 is 0.903 bits per heavy atom. The van der Waals surface area contributed by atoms with E-state index in [9.17, 15) is 4.79 Å². The lowest BCUT2D eigenvalue weighted by atomic mass is 10.0. The first-order valence-electron chi connectivity index (χ1n) is 10.3. The normalized spacial score (nSPS) is 12.2. The molecule has 3 aromatic carbocycles. The van der Waals surface area contributed by atoms with E-state index in [0.29, 0.717) is 24.5 Å². The molecule has 1 aliphatic heterocycles. The van der Waals surface area contributed by atoms with Crippen molar-refractivity contribution in [2.24, 2.45) is 0 Å². The van der Waals surface area contributed by atoms with Gasteiger partial charge in [-0.1, -0.05) is 60.7 Å². The number of carbonyl (C=O) groups excluding carboxylic acids is 1. The highest BCUT2D eigenvalue weighted by Gasteiger charge is 2.15. The van der Waals surface area contributed by atoms with E-state index in [4.69, 9.17) is 14.2 Å². The SMILES string of the molecule is O=C(CCSCCOC(c1ccccc1)c1ccccc1)Nc1ccc2c(c1)OCO2. The van der Waals surface area contributed by atoms with Crippen LogP contribution in [0.25, 0.3) is 0 Å². The molecule has 0 radical (unpaired) electrons. The monoisotopic (exact) mass is 435 g/mol. The maximum Gasteiger partial charge on any atom is 0.231 e. The minimum atomic E-state index is -0.0858. The average Bonchev–Trinajstić information content (AvgIpc) is 3.28. The number of rotatable bonds is 10. The number of ether oxygens (including phenoxy) is 3. The zero-order valence-electron chi connectivity index (χ0n) is 17.2. The first-order valence-corrected chi connectivity index (χ1v) is 11.4. The summed E-state index contributed by atoms with van der Waals surface area (Å²) in [5, 5.41) is 2.90. The molecule has 0 saturated carbocycles. The van der Waals surface area contributed by atoms with Gasteiger partial charge in [-0.25, -0.2) is 0 Å². The van der Waals surface area contributed by atoms with Crippen LogP contribution in [0.4, 0.5) is 5.69 Å². The van der Waals surface area contributed by atoms with Crippen LogP contribution >= 0.6 is 11.8 Å². The number of nitrogens with one attached hydrogen (secondary N) is 1. The molecule has 5 nitrogen and oxygen atoms in total. The average molecular weight is 436 g/mol. The molecule has 0 spiro atoms. The van der Waals surface area contributed by atoms with Crippen LogP contribution in [-0.4, -0.2) is 30.8 Å². The van der Waals surface area contributed by atoms with Gasteiger partial charge in [0.1, 0.15) is 6.10 Å². The van der Waals surface area contributed by atoms with Gasteiger partial charge in [0.25, 0.3) is 0 Å². The lowest BCUT2D eigenvalue weighted by molar-refractivity contribution is -0.115. The van der Waals surface area contributed by atoms with Gasteiger partial charge in [0.05, 0.1) is 6.61 Å². The number of carbonyl (C=O) groups is 1. The molecule has 6 heteroatoms. The molecule has 1 heterocycles. The summed E-state index contributed by atoms with van der Waals surface area (Å²) in [7, 11) is 0. The van der Waals surface area contributed by atoms with Gasteiger partial charge in [0, 0.05) is 29.7 Å². The molecular weight excluding hydrogens is 410 g/mol. The zero-order valence-corrected chi connectivity index (χ0v) is 18.0. The van der Waals surface area contributed by atoms with Crippen LogP contribution in [0, 0.1) is 0 Å². The van der Waals surface area contributed by atoms with Gasteiger partial charge < -0.3 is 19.5 Å². The van der Waals surface area contributed by atoms with E-state index in [1.165, 1.54) is 0 Å². The van der Waals surface area contributed by atoms with Gasteiger partial charge in [-0.3, -0.25) is 4.79 Å². The van der Waals surface area contributed by atoms with Crippen LogP contribution in [0.2, 0.25) is 0 Å². The van der Waals surface area contributed by atoms with E-state index < -0.39 is 0 Å². The molecule has 0 unspecified atom stereocenters. The predicted molar refractivity (Wildman–Crippen MR) is 124 cm³/mol. The number of benzene rings is 3. The number of hydrogen-bond acceptors (Lipinski definition) is 5. The van der Waals surface area contributed by atoms with E-state index in [1.54, 1.807) is 23.9 Å². The standard InChI is InChI=1S/C25H25NO4S/c27-24(26-21-11-12-22-23(17-21)30-18-29-22)13-15-31-16-14-28-25(19-7-3-1-4-8-19)20-9-5-2-6-10-20/h1-12,17,25H,13-16,18H2,(H,26,27). The molecule has 1 aliphatic rings. The van der Waals surface area contributed by atoms with E-state index in [-0.39, 0.29) is 18.8 Å². The predicted octanol–water partition coefficient (Wildman–Crippen LogP) is 5.28. The van der Waals surface area contributed by atoms with Crippen molar-refractivity contribution < 1.29 is 19.0 Å².